The summed E-state index contributed by atoms with van der Waals surface area (Å²) in [6.07, 6.45) is 3.58. The molecule has 1 aromatic heterocycles. The van der Waals surface area contributed by atoms with Crippen LogP contribution in [0.15, 0.2) is 113 Å². The average molecular weight is 687 g/mol. The number of aromatic nitrogens is 2. The maximum Gasteiger partial charge on any atom is 0.257 e. The Labute approximate surface area is 297 Å². The normalized spacial score (nSPS) is 16.8. The Bertz CT molecular complexity index is 2000. The van der Waals surface area contributed by atoms with Crippen LogP contribution in [-0.2, 0) is 6.54 Å². The minimum absolute atomic E-state index is 0.101. The monoisotopic (exact) mass is 686 g/mol. The van der Waals surface area contributed by atoms with Crippen molar-refractivity contribution in [2.24, 2.45) is 15.4 Å². The van der Waals surface area contributed by atoms with Crippen molar-refractivity contribution in [2.45, 2.75) is 31.3 Å². The topological polar surface area (TPSA) is 90.9 Å². The quantitative estimate of drug-likeness (QED) is 0.139. The van der Waals surface area contributed by atoms with E-state index in [-0.39, 0.29) is 23.7 Å². The first kappa shape index (κ1) is 34.0. The van der Waals surface area contributed by atoms with Crippen molar-refractivity contribution < 1.29 is 13.9 Å². The Hall–Kier alpha value is -5.42. The van der Waals surface area contributed by atoms with E-state index in [9.17, 15) is 9.18 Å². The lowest BCUT2D eigenvalue weighted by atomic mass is 9.94. The molecule has 0 radical (unpaired) electrons. The van der Waals surface area contributed by atoms with Crippen molar-refractivity contribution in [2.75, 3.05) is 58.3 Å². The van der Waals surface area contributed by atoms with Crippen LogP contribution in [0, 0.1) is 5.82 Å². The molecule has 11 heteroatoms. The van der Waals surface area contributed by atoms with Gasteiger partial charge in [-0.25, -0.2) is 9.37 Å². The number of methoxy groups -OCH3 is 1. The number of carbonyl (C=O) groups excluding carboxylic acids is 1. The molecule has 0 saturated carbocycles. The third kappa shape index (κ3) is 7.83. The average Bonchev–Trinajstić information content (AvgIpc) is 3.77. The number of para-hydroxylation sites is 2. The van der Waals surface area contributed by atoms with Crippen molar-refractivity contribution in [1.82, 2.24) is 19.4 Å². The number of fused-ring (bicyclic) bond motifs is 1. The number of nitrogens with zero attached hydrogens (tertiary/aromatic N) is 8. The number of hydrogen-bond acceptors (Lipinski definition) is 8. The number of rotatable bonds is 12. The molecule has 5 aromatic rings. The first-order valence-electron chi connectivity index (χ1n) is 17.6. The maximum absolute atomic E-state index is 13.9. The van der Waals surface area contributed by atoms with Gasteiger partial charge in [0.05, 0.1) is 36.5 Å². The number of anilines is 1. The molecular weight excluding hydrogens is 643 g/mol. The van der Waals surface area contributed by atoms with E-state index in [1.54, 1.807) is 18.2 Å². The second kappa shape index (κ2) is 15.6. The summed E-state index contributed by atoms with van der Waals surface area (Å²) in [5.74, 6) is 1.29. The Balaban J connectivity index is 1.04. The number of carbonyl (C=O) groups is 1. The highest BCUT2D eigenvalue weighted by Gasteiger charge is 2.25. The fraction of sp³-hybridized carbons (Fsp3) is 0.325. The molecule has 2 aliphatic heterocycles. The number of likely N-dealkylation sites (N-methyl/N-ethyl adjacent to an activating group) is 1. The molecule has 7 rings (SSSR count). The Kier molecular flexibility index (Phi) is 10.4. The van der Waals surface area contributed by atoms with Gasteiger partial charge in [-0.05, 0) is 84.2 Å². The molecule has 0 aliphatic carbocycles. The Morgan fingerprint density at radius 3 is 2.55 bits per heavy atom. The van der Waals surface area contributed by atoms with E-state index in [4.69, 9.17) is 9.72 Å². The van der Waals surface area contributed by atoms with E-state index in [0.29, 0.717) is 24.4 Å². The highest BCUT2D eigenvalue weighted by atomic mass is 19.1. The molecule has 2 atom stereocenters. The van der Waals surface area contributed by atoms with E-state index in [0.717, 1.165) is 73.7 Å². The lowest BCUT2D eigenvalue weighted by molar-refractivity contribution is 0.0779. The van der Waals surface area contributed by atoms with Crippen molar-refractivity contribution in [3.05, 3.63) is 125 Å². The minimum atomic E-state index is -0.302. The number of benzene rings is 4. The van der Waals surface area contributed by atoms with Crippen LogP contribution in [0.4, 0.5) is 10.3 Å². The third-order valence-corrected chi connectivity index (χ3v) is 9.90. The molecule has 1 unspecified atom stereocenters. The zero-order valence-corrected chi connectivity index (χ0v) is 29.1. The first-order valence-corrected chi connectivity index (χ1v) is 17.6. The SMILES string of the molecule is COc1ccc([C@H]2C=NN=N2)cc1C(=O)N(C)CC(CCN1CCCN(c2nc3ccccc3n2Cc2ccc(F)cc2)CC1)c1ccccc1. The van der Waals surface area contributed by atoms with Gasteiger partial charge in [-0.15, -0.1) is 5.10 Å². The second-order valence-electron chi connectivity index (χ2n) is 13.3. The molecule has 2 aliphatic rings. The van der Waals surface area contributed by atoms with E-state index < -0.39 is 0 Å². The molecule has 0 N–H and O–H groups in total. The van der Waals surface area contributed by atoms with Crippen LogP contribution >= 0.6 is 0 Å². The maximum atomic E-state index is 13.9. The number of imidazole rings is 1. The predicted molar refractivity (Wildman–Crippen MR) is 198 cm³/mol. The molecule has 1 fully saturated rings. The molecule has 4 aromatic carbocycles. The van der Waals surface area contributed by atoms with E-state index in [2.05, 4.69) is 66.2 Å². The number of hydrogen-bond donors (Lipinski definition) is 0. The number of halogens is 1. The van der Waals surface area contributed by atoms with Crippen molar-refractivity contribution >= 4 is 29.1 Å². The van der Waals surface area contributed by atoms with Gasteiger partial charge in [-0.1, -0.05) is 60.7 Å². The molecule has 51 heavy (non-hydrogen) atoms. The minimum Gasteiger partial charge on any atom is -0.496 e. The van der Waals surface area contributed by atoms with Crippen LogP contribution in [0.3, 0.4) is 0 Å². The van der Waals surface area contributed by atoms with Crippen molar-refractivity contribution in [3.63, 3.8) is 0 Å². The summed E-state index contributed by atoms with van der Waals surface area (Å²) in [4.78, 5) is 25.7. The predicted octanol–water partition coefficient (Wildman–Crippen LogP) is 7.18. The molecular formula is C40H43FN8O2. The van der Waals surface area contributed by atoms with E-state index in [1.807, 2.05) is 55.6 Å². The number of amides is 1. The molecule has 0 spiro atoms. The van der Waals surface area contributed by atoms with Gasteiger partial charge in [0.1, 0.15) is 17.6 Å². The largest absolute Gasteiger partial charge is 0.496 e. The van der Waals surface area contributed by atoms with Gasteiger partial charge in [-0.3, -0.25) is 4.79 Å². The van der Waals surface area contributed by atoms with Gasteiger partial charge in [0.2, 0.25) is 5.95 Å². The lowest BCUT2D eigenvalue weighted by Crippen LogP contribution is -2.35. The van der Waals surface area contributed by atoms with Gasteiger partial charge in [0.15, 0.2) is 0 Å². The van der Waals surface area contributed by atoms with Crippen LogP contribution < -0.4 is 9.64 Å². The second-order valence-corrected chi connectivity index (χ2v) is 13.3. The summed E-state index contributed by atoms with van der Waals surface area (Å²) in [7, 11) is 3.45. The summed E-state index contributed by atoms with van der Waals surface area (Å²) in [5.41, 5.74) is 5.63. The molecule has 1 saturated heterocycles. The molecule has 262 valence electrons. The van der Waals surface area contributed by atoms with Crippen LogP contribution in [-0.4, -0.2) is 84.9 Å². The highest BCUT2D eigenvalue weighted by Crippen LogP contribution is 2.30. The van der Waals surface area contributed by atoms with Crippen LogP contribution in [0.1, 0.15) is 51.8 Å². The van der Waals surface area contributed by atoms with Crippen LogP contribution in [0.2, 0.25) is 0 Å². The van der Waals surface area contributed by atoms with Gasteiger partial charge >= 0.3 is 0 Å². The van der Waals surface area contributed by atoms with Crippen LogP contribution in [0.5, 0.6) is 5.75 Å². The standard InChI is InChI=1S/C40H43FN8O2/c1-46(39(50)34-25-31(15-18-38(34)51-2)36-26-42-45-44-36)28-32(30-9-4-3-5-10-30)19-22-47-20-8-21-48(24-23-47)40-43-35-11-6-7-12-37(35)49(40)27-29-13-16-33(41)17-14-29/h3-7,9-18,25-26,32,36H,8,19-24,27-28H2,1-2H3/t32?,36-/m1/s1. The summed E-state index contributed by atoms with van der Waals surface area (Å²) in [6.45, 7) is 5.73. The van der Waals surface area contributed by atoms with Crippen LogP contribution in [0.25, 0.3) is 11.0 Å². The third-order valence-electron chi connectivity index (χ3n) is 9.90. The van der Waals surface area contributed by atoms with Gasteiger partial charge in [0, 0.05) is 39.1 Å². The van der Waals surface area contributed by atoms with E-state index in [1.165, 1.54) is 17.7 Å². The summed E-state index contributed by atoms with van der Waals surface area (Å²) in [6, 6.07) is 30.7. The fourth-order valence-electron chi connectivity index (χ4n) is 7.11. The van der Waals surface area contributed by atoms with Gasteiger partial charge in [0.25, 0.3) is 5.91 Å². The van der Waals surface area contributed by atoms with Gasteiger partial charge < -0.3 is 24.0 Å². The Morgan fingerprint density at radius 2 is 1.76 bits per heavy atom. The zero-order valence-electron chi connectivity index (χ0n) is 29.1. The Morgan fingerprint density at radius 1 is 0.961 bits per heavy atom. The fourth-order valence-corrected chi connectivity index (χ4v) is 7.11. The summed E-state index contributed by atoms with van der Waals surface area (Å²) in [5, 5.41) is 11.7. The van der Waals surface area contributed by atoms with E-state index >= 15 is 0 Å². The zero-order chi connectivity index (χ0) is 35.2. The highest BCUT2D eigenvalue weighted by molar-refractivity contribution is 5.97. The summed E-state index contributed by atoms with van der Waals surface area (Å²) >= 11 is 0. The molecule has 10 nitrogen and oxygen atoms in total. The molecule has 1 amide bonds. The molecule has 3 heterocycles. The first-order chi connectivity index (χ1) is 25.0. The smallest absolute Gasteiger partial charge is 0.257 e. The van der Waals surface area contributed by atoms with Crippen molar-refractivity contribution in [3.8, 4) is 5.75 Å². The van der Waals surface area contributed by atoms with Crippen molar-refractivity contribution in [1.29, 1.82) is 0 Å². The summed E-state index contributed by atoms with van der Waals surface area (Å²) < 4.78 is 21.5. The van der Waals surface area contributed by atoms with Gasteiger partial charge in [-0.2, -0.15) is 5.11 Å². The lowest BCUT2D eigenvalue weighted by Gasteiger charge is -2.28. The number of ether oxygens (including phenoxy) is 1. The molecule has 0 bridgehead atoms.